The molecule has 2 fully saturated rings. The third-order valence-electron chi connectivity index (χ3n) is 7.32. The fourth-order valence-corrected chi connectivity index (χ4v) is 5.27. The summed E-state index contributed by atoms with van der Waals surface area (Å²) in [5, 5.41) is 0. The van der Waals surface area contributed by atoms with Crippen molar-refractivity contribution < 1.29 is 14.3 Å². The zero-order chi connectivity index (χ0) is 22.8. The van der Waals surface area contributed by atoms with Gasteiger partial charge in [0.1, 0.15) is 11.5 Å². The van der Waals surface area contributed by atoms with Crippen LogP contribution in [0.1, 0.15) is 58.9 Å². The van der Waals surface area contributed by atoms with Crippen molar-refractivity contribution in [3.05, 3.63) is 59.2 Å². The molecule has 2 amide bonds. The standard InChI is InChI=1S/C27H33N3O3.ClH/c1-20-5-4-15-28(20)17-18-30-16-12-22-19-24(10-11-25(22)27(30)32)33-23-8-6-21(7-9-23)26(31)29-13-2-3-14-29;/h6-11,19-20H,2-5,12-18H2,1H3;1H/t20-;/m1./s1. The number of benzene rings is 2. The Labute approximate surface area is 208 Å². The fraction of sp³-hybridized carbons (Fsp3) is 0.481. The zero-order valence-corrected chi connectivity index (χ0v) is 20.7. The molecule has 0 saturated carbocycles. The molecule has 182 valence electrons. The number of amides is 2. The lowest BCUT2D eigenvalue weighted by atomic mass is 9.98. The van der Waals surface area contributed by atoms with E-state index < -0.39 is 0 Å². The van der Waals surface area contributed by atoms with Crippen molar-refractivity contribution in [3.63, 3.8) is 0 Å². The Balaban J connectivity index is 0.00000274. The number of likely N-dealkylation sites (tertiary alicyclic amines) is 2. The molecule has 0 radical (unpaired) electrons. The minimum atomic E-state index is 0. The Kier molecular flexibility index (Phi) is 7.79. The highest BCUT2D eigenvalue weighted by Crippen LogP contribution is 2.28. The van der Waals surface area contributed by atoms with Crippen LogP contribution in [0, 0.1) is 0 Å². The van der Waals surface area contributed by atoms with Crippen LogP contribution in [0.5, 0.6) is 11.5 Å². The summed E-state index contributed by atoms with van der Waals surface area (Å²) in [6.45, 7) is 7.63. The maximum absolute atomic E-state index is 13.0. The Hall–Kier alpha value is -2.57. The first-order chi connectivity index (χ1) is 16.1. The van der Waals surface area contributed by atoms with Crippen LogP contribution in [0.3, 0.4) is 0 Å². The molecule has 0 spiro atoms. The maximum atomic E-state index is 13.0. The van der Waals surface area contributed by atoms with E-state index in [4.69, 9.17) is 4.74 Å². The lowest BCUT2D eigenvalue weighted by Crippen LogP contribution is -2.43. The predicted molar refractivity (Wildman–Crippen MR) is 135 cm³/mol. The second kappa shape index (κ2) is 10.8. The predicted octanol–water partition coefficient (Wildman–Crippen LogP) is 4.62. The van der Waals surface area contributed by atoms with E-state index in [1.54, 1.807) is 0 Å². The normalized spacial score (nSPS) is 20.3. The SMILES string of the molecule is C[C@@H]1CCCN1CCN1CCc2cc(Oc3ccc(C(=O)N4CCCC4)cc3)ccc2C1=O.Cl. The van der Waals surface area contributed by atoms with Gasteiger partial charge >= 0.3 is 0 Å². The molecular formula is C27H34ClN3O3. The van der Waals surface area contributed by atoms with Gasteiger partial charge in [-0.1, -0.05) is 0 Å². The quantitative estimate of drug-likeness (QED) is 0.601. The van der Waals surface area contributed by atoms with Gasteiger partial charge < -0.3 is 14.5 Å². The first kappa shape index (κ1) is 24.6. The molecule has 2 saturated heterocycles. The van der Waals surface area contributed by atoms with Crippen LogP contribution in [0.4, 0.5) is 0 Å². The molecule has 7 heteroatoms. The molecule has 0 aromatic heterocycles. The Morgan fingerprint density at radius 3 is 2.38 bits per heavy atom. The second-order valence-corrected chi connectivity index (χ2v) is 9.51. The summed E-state index contributed by atoms with van der Waals surface area (Å²) in [5.74, 6) is 1.63. The maximum Gasteiger partial charge on any atom is 0.254 e. The highest BCUT2D eigenvalue weighted by atomic mass is 35.5. The van der Waals surface area contributed by atoms with Gasteiger partial charge in [-0.25, -0.2) is 0 Å². The molecule has 0 unspecified atom stereocenters. The molecule has 34 heavy (non-hydrogen) atoms. The van der Waals surface area contributed by atoms with Crippen LogP contribution >= 0.6 is 12.4 Å². The van der Waals surface area contributed by atoms with Gasteiger partial charge in [-0.05, 0) is 93.6 Å². The minimum absolute atomic E-state index is 0. The third kappa shape index (κ3) is 5.23. The third-order valence-corrected chi connectivity index (χ3v) is 7.32. The number of fused-ring (bicyclic) bond motifs is 1. The van der Waals surface area contributed by atoms with Gasteiger partial charge in [0.15, 0.2) is 0 Å². The van der Waals surface area contributed by atoms with Crippen LogP contribution in [-0.2, 0) is 6.42 Å². The number of ether oxygens (including phenoxy) is 1. The molecule has 1 atom stereocenters. The average Bonchev–Trinajstić information content (AvgIpc) is 3.51. The van der Waals surface area contributed by atoms with Crippen molar-refractivity contribution in [2.75, 3.05) is 39.3 Å². The van der Waals surface area contributed by atoms with Crippen molar-refractivity contribution in [2.24, 2.45) is 0 Å². The Morgan fingerprint density at radius 1 is 0.941 bits per heavy atom. The molecule has 2 aromatic rings. The molecule has 0 bridgehead atoms. The molecule has 6 nitrogen and oxygen atoms in total. The number of hydrogen-bond donors (Lipinski definition) is 0. The monoisotopic (exact) mass is 483 g/mol. The van der Waals surface area contributed by atoms with Gasteiger partial charge in [0.05, 0.1) is 0 Å². The highest BCUT2D eigenvalue weighted by molar-refractivity contribution is 5.97. The van der Waals surface area contributed by atoms with E-state index in [1.807, 2.05) is 52.3 Å². The Morgan fingerprint density at radius 2 is 1.68 bits per heavy atom. The minimum Gasteiger partial charge on any atom is -0.457 e. The van der Waals surface area contributed by atoms with E-state index in [1.165, 1.54) is 12.8 Å². The number of carbonyl (C=O) groups is 2. The summed E-state index contributed by atoms with van der Waals surface area (Å²) in [4.78, 5) is 31.9. The molecule has 0 N–H and O–H groups in total. The smallest absolute Gasteiger partial charge is 0.254 e. The van der Waals surface area contributed by atoms with Gasteiger partial charge in [0.2, 0.25) is 0 Å². The van der Waals surface area contributed by atoms with Crippen molar-refractivity contribution in [1.29, 1.82) is 0 Å². The highest BCUT2D eigenvalue weighted by Gasteiger charge is 2.27. The van der Waals surface area contributed by atoms with E-state index >= 15 is 0 Å². The van der Waals surface area contributed by atoms with Gasteiger partial charge in [-0.3, -0.25) is 14.5 Å². The van der Waals surface area contributed by atoms with Crippen LogP contribution in [0.25, 0.3) is 0 Å². The summed E-state index contributed by atoms with van der Waals surface area (Å²) in [6, 6.07) is 13.7. The largest absolute Gasteiger partial charge is 0.457 e. The van der Waals surface area contributed by atoms with Crippen molar-refractivity contribution in [3.8, 4) is 11.5 Å². The van der Waals surface area contributed by atoms with Crippen LogP contribution in [0.2, 0.25) is 0 Å². The summed E-state index contributed by atoms with van der Waals surface area (Å²) in [6.07, 6.45) is 5.54. The summed E-state index contributed by atoms with van der Waals surface area (Å²) < 4.78 is 6.04. The first-order valence-corrected chi connectivity index (χ1v) is 12.3. The summed E-state index contributed by atoms with van der Waals surface area (Å²) in [7, 11) is 0. The topological polar surface area (TPSA) is 53.1 Å². The average molecular weight is 484 g/mol. The van der Waals surface area contributed by atoms with Crippen LogP contribution < -0.4 is 4.74 Å². The van der Waals surface area contributed by atoms with E-state index in [2.05, 4.69) is 11.8 Å². The van der Waals surface area contributed by atoms with Crippen molar-refractivity contribution in [2.45, 2.75) is 45.1 Å². The summed E-state index contributed by atoms with van der Waals surface area (Å²) >= 11 is 0. The number of nitrogens with zero attached hydrogens (tertiary/aromatic N) is 3. The summed E-state index contributed by atoms with van der Waals surface area (Å²) in [5.41, 5.74) is 2.53. The number of hydrogen-bond acceptors (Lipinski definition) is 4. The van der Waals surface area contributed by atoms with Gasteiger partial charge in [-0.2, -0.15) is 0 Å². The molecule has 0 aliphatic carbocycles. The van der Waals surface area contributed by atoms with Gasteiger partial charge in [0.25, 0.3) is 11.8 Å². The molecule has 5 rings (SSSR count). The molecule has 3 aliphatic rings. The van der Waals surface area contributed by atoms with Gasteiger partial charge in [-0.15, -0.1) is 12.4 Å². The molecule has 3 aliphatic heterocycles. The van der Waals surface area contributed by atoms with Gasteiger partial charge in [0, 0.05) is 49.9 Å². The lowest BCUT2D eigenvalue weighted by molar-refractivity contribution is 0.0716. The molecule has 3 heterocycles. The van der Waals surface area contributed by atoms with E-state index in [0.29, 0.717) is 17.4 Å². The van der Waals surface area contributed by atoms with Crippen LogP contribution in [-0.4, -0.2) is 71.8 Å². The fourth-order valence-electron chi connectivity index (χ4n) is 5.27. The van der Waals surface area contributed by atoms with E-state index in [0.717, 1.165) is 75.4 Å². The van der Waals surface area contributed by atoms with E-state index in [9.17, 15) is 9.59 Å². The van der Waals surface area contributed by atoms with E-state index in [-0.39, 0.29) is 24.2 Å². The Bertz CT molecular complexity index is 1020. The number of halogens is 1. The molecule has 2 aromatic carbocycles. The zero-order valence-electron chi connectivity index (χ0n) is 19.9. The number of rotatable bonds is 6. The first-order valence-electron chi connectivity index (χ1n) is 12.3. The molecular weight excluding hydrogens is 450 g/mol. The lowest BCUT2D eigenvalue weighted by Gasteiger charge is -2.31. The second-order valence-electron chi connectivity index (χ2n) is 9.51. The van der Waals surface area contributed by atoms with Crippen molar-refractivity contribution >= 4 is 24.2 Å². The van der Waals surface area contributed by atoms with Crippen LogP contribution in [0.15, 0.2) is 42.5 Å². The van der Waals surface area contributed by atoms with Crippen molar-refractivity contribution in [1.82, 2.24) is 14.7 Å². The number of carbonyl (C=O) groups excluding carboxylic acids is 2.